The predicted molar refractivity (Wildman–Crippen MR) is 71.1 cm³/mol. The van der Waals surface area contributed by atoms with Gasteiger partial charge in [0.2, 0.25) is 0 Å². The van der Waals surface area contributed by atoms with Gasteiger partial charge in [-0.15, -0.1) is 6.58 Å². The van der Waals surface area contributed by atoms with E-state index in [9.17, 15) is 0 Å². The lowest BCUT2D eigenvalue weighted by Crippen LogP contribution is -1.97. The first-order valence-electron chi connectivity index (χ1n) is 5.75. The van der Waals surface area contributed by atoms with Crippen LogP contribution in [-0.4, -0.2) is 0 Å². The molecule has 0 amide bonds. The van der Waals surface area contributed by atoms with Gasteiger partial charge in [-0.3, -0.25) is 0 Å². The zero-order chi connectivity index (χ0) is 11.9. The Kier molecular flexibility index (Phi) is 3.98. The first kappa shape index (κ1) is 11.5. The monoisotopic (exact) mass is 224 g/mol. The fourth-order valence-corrected chi connectivity index (χ4v) is 1.70. The molecule has 0 fully saturated rings. The molecule has 0 aliphatic heterocycles. The van der Waals surface area contributed by atoms with Gasteiger partial charge >= 0.3 is 0 Å². The van der Waals surface area contributed by atoms with Crippen LogP contribution in [0, 0.1) is 0 Å². The van der Waals surface area contributed by atoms with Crippen molar-refractivity contribution in [2.45, 2.75) is 13.0 Å². The van der Waals surface area contributed by atoms with Gasteiger partial charge in [-0.05, 0) is 23.6 Å². The van der Waals surface area contributed by atoms with Crippen molar-refractivity contribution in [3.8, 4) is 5.75 Å². The van der Waals surface area contributed by atoms with E-state index < -0.39 is 0 Å². The molecular weight excluding hydrogens is 208 g/mol. The largest absolute Gasteiger partial charge is 0.489 e. The second kappa shape index (κ2) is 5.90. The molecule has 2 aromatic rings. The third-order valence-electron chi connectivity index (χ3n) is 2.57. The van der Waals surface area contributed by atoms with Crippen molar-refractivity contribution in [3.05, 3.63) is 78.4 Å². The summed E-state index contributed by atoms with van der Waals surface area (Å²) < 4.78 is 5.83. The van der Waals surface area contributed by atoms with Gasteiger partial charge in [-0.25, -0.2) is 0 Å². The van der Waals surface area contributed by atoms with Gasteiger partial charge < -0.3 is 4.74 Å². The van der Waals surface area contributed by atoms with Crippen LogP contribution in [0.5, 0.6) is 5.75 Å². The number of benzene rings is 2. The minimum absolute atomic E-state index is 0.606. The normalized spacial score (nSPS) is 9.88. The fourth-order valence-electron chi connectivity index (χ4n) is 1.70. The minimum atomic E-state index is 0.606. The summed E-state index contributed by atoms with van der Waals surface area (Å²) in [6, 6.07) is 18.3. The van der Waals surface area contributed by atoms with Crippen LogP contribution in [0.25, 0.3) is 0 Å². The topological polar surface area (TPSA) is 9.23 Å². The van der Waals surface area contributed by atoms with Crippen molar-refractivity contribution >= 4 is 0 Å². The molecule has 0 radical (unpaired) electrons. The Morgan fingerprint density at radius 1 is 0.941 bits per heavy atom. The SMILES string of the molecule is C=CCc1ccccc1OCc1ccccc1. The van der Waals surface area contributed by atoms with Gasteiger partial charge in [0.1, 0.15) is 12.4 Å². The highest BCUT2D eigenvalue weighted by Crippen LogP contribution is 2.20. The lowest BCUT2D eigenvalue weighted by atomic mass is 10.1. The van der Waals surface area contributed by atoms with Gasteiger partial charge in [0.25, 0.3) is 0 Å². The molecule has 17 heavy (non-hydrogen) atoms. The smallest absolute Gasteiger partial charge is 0.123 e. The van der Waals surface area contributed by atoms with E-state index in [2.05, 4.69) is 24.8 Å². The van der Waals surface area contributed by atoms with E-state index in [1.54, 1.807) is 0 Å². The number of allylic oxidation sites excluding steroid dienone is 1. The highest BCUT2D eigenvalue weighted by molar-refractivity contribution is 5.34. The maximum absolute atomic E-state index is 5.83. The van der Waals surface area contributed by atoms with Crippen molar-refractivity contribution in [2.75, 3.05) is 0 Å². The summed E-state index contributed by atoms with van der Waals surface area (Å²) in [7, 11) is 0. The lowest BCUT2D eigenvalue weighted by Gasteiger charge is -2.10. The Balaban J connectivity index is 2.06. The van der Waals surface area contributed by atoms with Crippen LogP contribution in [-0.2, 0) is 13.0 Å². The predicted octanol–water partition coefficient (Wildman–Crippen LogP) is 3.99. The van der Waals surface area contributed by atoms with Gasteiger partial charge in [0, 0.05) is 0 Å². The average Bonchev–Trinajstić information content (AvgIpc) is 2.39. The molecule has 0 aliphatic rings. The highest BCUT2D eigenvalue weighted by Gasteiger charge is 2.01. The molecule has 0 aromatic heterocycles. The first-order valence-corrected chi connectivity index (χ1v) is 5.75. The van der Waals surface area contributed by atoms with Crippen LogP contribution >= 0.6 is 0 Å². The molecular formula is C16H16O. The summed E-state index contributed by atoms with van der Waals surface area (Å²) in [5, 5.41) is 0. The zero-order valence-corrected chi connectivity index (χ0v) is 9.80. The van der Waals surface area contributed by atoms with Crippen LogP contribution < -0.4 is 4.74 Å². The second-order valence-electron chi connectivity index (χ2n) is 3.87. The van der Waals surface area contributed by atoms with Crippen molar-refractivity contribution in [1.29, 1.82) is 0 Å². The van der Waals surface area contributed by atoms with Crippen molar-refractivity contribution in [3.63, 3.8) is 0 Å². The molecule has 0 saturated carbocycles. The number of para-hydroxylation sites is 1. The van der Waals surface area contributed by atoms with E-state index in [1.165, 1.54) is 11.1 Å². The van der Waals surface area contributed by atoms with E-state index in [0.717, 1.165) is 12.2 Å². The number of hydrogen-bond acceptors (Lipinski definition) is 1. The summed E-state index contributed by atoms with van der Waals surface area (Å²) in [5.41, 5.74) is 2.36. The Bertz CT molecular complexity index is 474. The van der Waals surface area contributed by atoms with Crippen molar-refractivity contribution < 1.29 is 4.74 Å². The molecule has 1 heteroatoms. The second-order valence-corrected chi connectivity index (χ2v) is 3.87. The summed E-state index contributed by atoms with van der Waals surface area (Å²) in [5.74, 6) is 0.941. The standard InChI is InChI=1S/C16H16O/c1-2-8-15-11-6-7-12-16(15)17-13-14-9-4-3-5-10-14/h2-7,9-12H,1,8,13H2. The van der Waals surface area contributed by atoms with Gasteiger partial charge in [-0.1, -0.05) is 54.6 Å². The maximum Gasteiger partial charge on any atom is 0.123 e. The Hall–Kier alpha value is -2.02. The van der Waals surface area contributed by atoms with Crippen molar-refractivity contribution in [2.24, 2.45) is 0 Å². The molecule has 2 aromatic carbocycles. The quantitative estimate of drug-likeness (QED) is 0.698. The molecule has 0 N–H and O–H groups in total. The van der Waals surface area contributed by atoms with Crippen LogP contribution in [0.1, 0.15) is 11.1 Å². The third-order valence-corrected chi connectivity index (χ3v) is 2.57. The molecule has 2 rings (SSSR count). The summed E-state index contributed by atoms with van der Waals surface area (Å²) in [6.45, 7) is 4.37. The van der Waals surface area contributed by atoms with Crippen LogP contribution in [0.2, 0.25) is 0 Å². The Labute approximate surface area is 102 Å². The number of hydrogen-bond donors (Lipinski definition) is 0. The highest BCUT2D eigenvalue weighted by atomic mass is 16.5. The molecule has 0 atom stereocenters. The van der Waals surface area contributed by atoms with E-state index in [0.29, 0.717) is 6.61 Å². The number of rotatable bonds is 5. The molecule has 0 unspecified atom stereocenters. The Morgan fingerprint density at radius 3 is 2.41 bits per heavy atom. The van der Waals surface area contributed by atoms with Gasteiger partial charge in [-0.2, -0.15) is 0 Å². The summed E-state index contributed by atoms with van der Waals surface area (Å²) in [4.78, 5) is 0. The molecule has 1 nitrogen and oxygen atoms in total. The molecule has 0 saturated heterocycles. The summed E-state index contributed by atoms with van der Waals surface area (Å²) >= 11 is 0. The molecule has 0 heterocycles. The van der Waals surface area contributed by atoms with Crippen LogP contribution in [0.3, 0.4) is 0 Å². The van der Waals surface area contributed by atoms with E-state index in [4.69, 9.17) is 4.74 Å². The number of ether oxygens (including phenoxy) is 1. The molecule has 0 bridgehead atoms. The molecule has 86 valence electrons. The van der Waals surface area contributed by atoms with E-state index in [-0.39, 0.29) is 0 Å². The first-order chi connectivity index (χ1) is 8.40. The lowest BCUT2D eigenvalue weighted by molar-refractivity contribution is 0.303. The van der Waals surface area contributed by atoms with E-state index in [1.807, 2.05) is 42.5 Å². The van der Waals surface area contributed by atoms with Gasteiger partial charge in [0.05, 0.1) is 0 Å². The zero-order valence-electron chi connectivity index (χ0n) is 9.80. The maximum atomic E-state index is 5.83. The fraction of sp³-hybridized carbons (Fsp3) is 0.125. The van der Waals surface area contributed by atoms with Gasteiger partial charge in [0.15, 0.2) is 0 Å². The molecule has 0 aliphatic carbocycles. The van der Waals surface area contributed by atoms with Crippen LogP contribution in [0.15, 0.2) is 67.3 Å². The van der Waals surface area contributed by atoms with Crippen molar-refractivity contribution in [1.82, 2.24) is 0 Å². The molecule has 0 spiro atoms. The third kappa shape index (κ3) is 3.22. The van der Waals surface area contributed by atoms with Crippen LogP contribution in [0.4, 0.5) is 0 Å². The Morgan fingerprint density at radius 2 is 1.65 bits per heavy atom. The minimum Gasteiger partial charge on any atom is -0.489 e. The summed E-state index contributed by atoms with van der Waals surface area (Å²) in [6.07, 6.45) is 2.73. The average molecular weight is 224 g/mol. The van der Waals surface area contributed by atoms with E-state index >= 15 is 0 Å².